The Balaban J connectivity index is 2.66. The fraction of sp³-hybridized carbons (Fsp3) is 0.632. The number of benzene rings is 1. The van der Waals surface area contributed by atoms with E-state index in [1.165, 1.54) is 0 Å². The van der Waals surface area contributed by atoms with Gasteiger partial charge in [0, 0.05) is 21.7 Å². The zero-order valence-corrected chi connectivity index (χ0v) is 18.3. The molecule has 6 nitrogen and oxygen atoms in total. The van der Waals surface area contributed by atoms with Crippen molar-refractivity contribution in [3.05, 3.63) is 23.8 Å². The lowest BCUT2D eigenvalue weighted by Gasteiger charge is -2.20. The first-order valence-electron chi connectivity index (χ1n) is 9.63. The van der Waals surface area contributed by atoms with Crippen molar-refractivity contribution in [3.63, 3.8) is 0 Å². The number of rotatable bonds is 11. The van der Waals surface area contributed by atoms with Gasteiger partial charge in [0.1, 0.15) is 5.75 Å². The molecule has 0 aromatic heterocycles. The summed E-state index contributed by atoms with van der Waals surface area (Å²) in [6.07, 6.45) is 2.20. The van der Waals surface area contributed by atoms with Crippen LogP contribution in [-0.2, 0) is 11.2 Å². The highest BCUT2D eigenvalue weighted by Gasteiger charge is 2.17. The van der Waals surface area contributed by atoms with E-state index in [0.29, 0.717) is 37.4 Å². The molecule has 1 aromatic rings. The molecule has 27 heavy (non-hydrogen) atoms. The van der Waals surface area contributed by atoms with Crippen LogP contribution >= 0.6 is 0 Å². The topological polar surface area (TPSA) is 79.2 Å². The minimum Gasteiger partial charge on any atom is -0.493 e. The second kappa shape index (κ2) is 11.4. The van der Waals surface area contributed by atoms with Crippen LogP contribution in [0.15, 0.2) is 18.2 Å². The number of amides is 1. The van der Waals surface area contributed by atoms with Crippen LogP contribution in [0.4, 0.5) is 4.79 Å². The van der Waals surface area contributed by atoms with Crippen LogP contribution in [0.1, 0.15) is 25.3 Å². The normalized spacial score (nSPS) is 11.2. The molecule has 0 saturated heterocycles. The Kier molecular flexibility index (Phi) is 9.90. The summed E-state index contributed by atoms with van der Waals surface area (Å²) in [5.74, 6) is 0.716. The Morgan fingerprint density at radius 1 is 1.22 bits per heavy atom. The highest BCUT2D eigenvalue weighted by molar-refractivity contribution is 6.76. The predicted molar refractivity (Wildman–Crippen MR) is 113 cm³/mol. The van der Waals surface area contributed by atoms with E-state index in [2.05, 4.69) is 26.6 Å². The summed E-state index contributed by atoms with van der Waals surface area (Å²) < 4.78 is 11.2. The first-order valence-corrected chi connectivity index (χ1v) is 13.3. The van der Waals surface area contributed by atoms with Gasteiger partial charge in [-0.2, -0.15) is 0 Å². The first kappa shape index (κ1) is 23.5. The van der Waals surface area contributed by atoms with Crippen LogP contribution in [-0.4, -0.2) is 63.0 Å². The molecule has 1 aromatic carbocycles. The number of nitrogens with zero attached hydrogens (tertiary/aromatic N) is 1. The molecule has 1 amide bonds. The Morgan fingerprint density at radius 3 is 2.52 bits per heavy atom. The van der Waals surface area contributed by atoms with E-state index in [4.69, 9.17) is 9.47 Å². The molecule has 0 atom stereocenters. The van der Waals surface area contributed by atoms with Crippen LogP contribution in [0.25, 0.3) is 0 Å². The summed E-state index contributed by atoms with van der Waals surface area (Å²) in [4.78, 5) is 13.7. The molecular formula is C19H34BNO5Si. The van der Waals surface area contributed by atoms with Gasteiger partial charge in [0.25, 0.3) is 0 Å². The molecule has 1 rings (SSSR count). The fourth-order valence-electron chi connectivity index (χ4n) is 2.36. The van der Waals surface area contributed by atoms with Gasteiger partial charge in [0.2, 0.25) is 0 Å². The third-order valence-corrected chi connectivity index (χ3v) is 5.95. The van der Waals surface area contributed by atoms with Crippen LogP contribution in [0.5, 0.6) is 5.75 Å². The molecule has 0 heterocycles. The molecule has 0 fully saturated rings. The molecule has 2 N–H and O–H groups in total. The molecule has 0 aliphatic carbocycles. The largest absolute Gasteiger partial charge is 0.493 e. The number of likely N-dealkylation sites (N-methyl/N-ethyl adjacent to an activating group) is 1. The summed E-state index contributed by atoms with van der Waals surface area (Å²) in [5, 5.41) is 18.8. The number of ether oxygens (including phenoxy) is 2. The minimum absolute atomic E-state index is 0.333. The molecule has 8 heteroatoms. The number of carbonyl (C=O) groups excluding carboxylic acids is 1. The fourth-order valence-corrected chi connectivity index (χ4v) is 3.07. The lowest BCUT2D eigenvalue weighted by Crippen LogP contribution is -2.32. The molecule has 0 saturated carbocycles. The molecule has 0 radical (unpaired) electrons. The predicted octanol–water partition coefficient (Wildman–Crippen LogP) is 2.49. The maximum absolute atomic E-state index is 12.1. The van der Waals surface area contributed by atoms with E-state index in [-0.39, 0.29) is 6.09 Å². The SMILES string of the molecule is CCCCOc1ccc(B(O)O)cc1CCN(C)C(=O)OCC[Si](C)(C)C. The van der Waals surface area contributed by atoms with Crippen LogP contribution in [0, 0.1) is 0 Å². The van der Waals surface area contributed by atoms with E-state index in [1.54, 1.807) is 30.1 Å². The number of hydrogen-bond acceptors (Lipinski definition) is 5. The Labute approximate surface area is 164 Å². The zero-order chi connectivity index (χ0) is 20.4. The van der Waals surface area contributed by atoms with Gasteiger partial charge in [0.15, 0.2) is 0 Å². The van der Waals surface area contributed by atoms with E-state index in [0.717, 1.165) is 24.4 Å². The van der Waals surface area contributed by atoms with Crippen molar-refractivity contribution >= 4 is 26.7 Å². The molecule has 0 bridgehead atoms. The van der Waals surface area contributed by atoms with Gasteiger partial charge in [-0.3, -0.25) is 0 Å². The molecule has 0 aliphatic rings. The van der Waals surface area contributed by atoms with E-state index in [1.807, 2.05) is 0 Å². The van der Waals surface area contributed by atoms with Crippen molar-refractivity contribution in [1.29, 1.82) is 0 Å². The van der Waals surface area contributed by atoms with Crippen LogP contribution < -0.4 is 10.2 Å². The Hall–Kier alpha value is -1.51. The highest BCUT2D eigenvalue weighted by atomic mass is 28.3. The lowest BCUT2D eigenvalue weighted by molar-refractivity contribution is 0.116. The molecule has 152 valence electrons. The summed E-state index contributed by atoms with van der Waals surface area (Å²) in [7, 11) is -1.05. The van der Waals surface area contributed by atoms with Crippen molar-refractivity contribution in [2.75, 3.05) is 26.8 Å². The summed E-state index contributed by atoms with van der Waals surface area (Å²) >= 11 is 0. The summed E-state index contributed by atoms with van der Waals surface area (Å²) in [6, 6.07) is 6.06. The standard InChI is InChI=1S/C19H34BNO5Si/c1-6-7-12-25-18-9-8-17(20(23)24)15-16(18)10-11-21(2)19(22)26-13-14-27(3,4)5/h8-9,15,23-24H,6-7,10-14H2,1-5H3. The van der Waals surface area contributed by atoms with Crippen molar-refractivity contribution in [3.8, 4) is 5.75 Å². The molecule has 0 unspecified atom stereocenters. The van der Waals surface area contributed by atoms with Crippen molar-refractivity contribution in [2.24, 2.45) is 0 Å². The second-order valence-corrected chi connectivity index (χ2v) is 13.7. The van der Waals surface area contributed by atoms with Crippen molar-refractivity contribution in [1.82, 2.24) is 4.90 Å². The van der Waals surface area contributed by atoms with Gasteiger partial charge in [-0.15, -0.1) is 0 Å². The third kappa shape index (κ3) is 9.30. The van der Waals surface area contributed by atoms with Gasteiger partial charge in [-0.05, 0) is 36.0 Å². The van der Waals surface area contributed by atoms with Gasteiger partial charge in [0.05, 0.1) is 13.2 Å². The molecule has 0 aliphatic heterocycles. The minimum atomic E-state index is -1.53. The average Bonchev–Trinajstić information content (AvgIpc) is 2.59. The number of hydrogen-bond donors (Lipinski definition) is 2. The Morgan fingerprint density at radius 2 is 1.93 bits per heavy atom. The van der Waals surface area contributed by atoms with Crippen molar-refractivity contribution < 1.29 is 24.3 Å². The summed E-state index contributed by atoms with van der Waals surface area (Å²) in [6.45, 7) is 10.3. The summed E-state index contributed by atoms with van der Waals surface area (Å²) in [5.41, 5.74) is 1.26. The molecular weight excluding hydrogens is 361 g/mol. The smallest absolute Gasteiger partial charge is 0.488 e. The maximum atomic E-state index is 12.1. The van der Waals surface area contributed by atoms with Crippen LogP contribution in [0.2, 0.25) is 25.7 Å². The number of carbonyl (C=O) groups is 1. The van der Waals surface area contributed by atoms with E-state index < -0.39 is 15.2 Å². The number of unbranched alkanes of at least 4 members (excludes halogenated alkanes) is 1. The van der Waals surface area contributed by atoms with Gasteiger partial charge < -0.3 is 24.4 Å². The monoisotopic (exact) mass is 395 g/mol. The van der Waals surface area contributed by atoms with Crippen molar-refractivity contribution in [2.45, 2.75) is 51.9 Å². The van der Waals surface area contributed by atoms with Gasteiger partial charge in [-0.1, -0.05) is 45.1 Å². The average molecular weight is 395 g/mol. The zero-order valence-electron chi connectivity index (χ0n) is 17.3. The van der Waals surface area contributed by atoms with Crippen LogP contribution in [0.3, 0.4) is 0 Å². The second-order valence-electron chi connectivity index (χ2n) is 8.04. The third-order valence-electron chi connectivity index (χ3n) is 4.24. The quantitative estimate of drug-likeness (QED) is 0.445. The maximum Gasteiger partial charge on any atom is 0.488 e. The van der Waals surface area contributed by atoms with Gasteiger partial charge >= 0.3 is 13.2 Å². The van der Waals surface area contributed by atoms with Gasteiger partial charge in [-0.25, -0.2) is 4.79 Å². The van der Waals surface area contributed by atoms with E-state index >= 15 is 0 Å². The Bertz CT molecular complexity index is 592. The first-order chi connectivity index (χ1) is 12.6. The van der Waals surface area contributed by atoms with E-state index in [9.17, 15) is 14.8 Å². The lowest BCUT2D eigenvalue weighted by atomic mass is 9.79. The molecule has 0 spiro atoms. The highest BCUT2D eigenvalue weighted by Crippen LogP contribution is 2.19.